The molecule has 0 aliphatic carbocycles. The molecule has 17 heavy (non-hydrogen) atoms. The first kappa shape index (κ1) is 14.9. The minimum Gasteiger partial charge on any atom is -0.393 e. The van der Waals surface area contributed by atoms with E-state index in [1.54, 1.807) is 0 Å². The molecule has 2 N–H and O–H groups in total. The van der Waals surface area contributed by atoms with Gasteiger partial charge in [0.15, 0.2) is 0 Å². The van der Waals surface area contributed by atoms with E-state index in [0.717, 1.165) is 18.8 Å². The molecule has 0 aromatic rings. The van der Waals surface area contributed by atoms with Crippen molar-refractivity contribution < 1.29 is 0 Å². The molecule has 1 aliphatic heterocycles. The topological polar surface area (TPSA) is 29.3 Å². The third-order valence-electron chi connectivity index (χ3n) is 3.96. The summed E-state index contributed by atoms with van der Waals surface area (Å²) in [5.41, 5.74) is 5.98. The predicted molar refractivity (Wildman–Crippen MR) is 79.3 cm³/mol. The van der Waals surface area contributed by atoms with Crippen molar-refractivity contribution in [2.75, 3.05) is 19.6 Å². The molecule has 100 valence electrons. The van der Waals surface area contributed by atoms with Crippen molar-refractivity contribution in [3.8, 4) is 0 Å². The van der Waals surface area contributed by atoms with Gasteiger partial charge in [0.05, 0.1) is 4.99 Å². The minimum absolute atomic E-state index is 0.484. The Morgan fingerprint density at radius 1 is 1.24 bits per heavy atom. The van der Waals surface area contributed by atoms with Gasteiger partial charge in [0, 0.05) is 0 Å². The van der Waals surface area contributed by atoms with E-state index >= 15 is 0 Å². The van der Waals surface area contributed by atoms with Gasteiger partial charge in [0.2, 0.25) is 0 Å². The molecule has 3 heteroatoms. The van der Waals surface area contributed by atoms with Crippen LogP contribution in [0.25, 0.3) is 0 Å². The smallest absolute Gasteiger partial charge is 0.0727 e. The Morgan fingerprint density at radius 2 is 1.82 bits per heavy atom. The van der Waals surface area contributed by atoms with Crippen molar-refractivity contribution in [2.24, 2.45) is 17.1 Å². The fraction of sp³-hybridized carbons (Fsp3) is 0.929. The summed E-state index contributed by atoms with van der Waals surface area (Å²) in [7, 11) is 0. The van der Waals surface area contributed by atoms with E-state index < -0.39 is 0 Å². The van der Waals surface area contributed by atoms with Crippen LogP contribution in [0.2, 0.25) is 0 Å². The number of nitrogens with zero attached hydrogens (tertiary/aromatic N) is 1. The second kappa shape index (κ2) is 6.69. The SMILES string of the molecule is CC(C)(C)C1CCN(CCCCC(N)=S)CC1. The van der Waals surface area contributed by atoms with Crippen LogP contribution >= 0.6 is 12.2 Å². The second-order valence-corrected chi connectivity index (χ2v) is 6.93. The van der Waals surface area contributed by atoms with Crippen LogP contribution in [0.1, 0.15) is 52.9 Å². The summed E-state index contributed by atoms with van der Waals surface area (Å²) in [6.45, 7) is 10.9. The molecule has 1 fully saturated rings. The molecule has 0 aromatic carbocycles. The number of hydrogen-bond donors (Lipinski definition) is 1. The summed E-state index contributed by atoms with van der Waals surface area (Å²) in [5.74, 6) is 0.898. The number of hydrogen-bond acceptors (Lipinski definition) is 2. The average molecular weight is 256 g/mol. The maximum absolute atomic E-state index is 5.50. The van der Waals surface area contributed by atoms with Crippen molar-refractivity contribution in [3.05, 3.63) is 0 Å². The first-order chi connectivity index (χ1) is 7.89. The van der Waals surface area contributed by atoms with Crippen LogP contribution in [-0.4, -0.2) is 29.5 Å². The summed E-state index contributed by atoms with van der Waals surface area (Å²) >= 11 is 4.89. The molecule has 1 aliphatic rings. The van der Waals surface area contributed by atoms with E-state index in [9.17, 15) is 0 Å². The largest absolute Gasteiger partial charge is 0.393 e. The van der Waals surface area contributed by atoms with E-state index in [2.05, 4.69) is 25.7 Å². The number of unbranched alkanes of at least 4 members (excludes halogenated alkanes) is 1. The van der Waals surface area contributed by atoms with E-state index in [4.69, 9.17) is 18.0 Å². The molecule has 1 saturated heterocycles. The van der Waals surface area contributed by atoms with Crippen LogP contribution < -0.4 is 5.73 Å². The van der Waals surface area contributed by atoms with Crippen LogP contribution in [0, 0.1) is 11.3 Å². The van der Waals surface area contributed by atoms with Crippen molar-refractivity contribution in [1.82, 2.24) is 4.90 Å². The fourth-order valence-electron chi connectivity index (χ4n) is 2.66. The molecule has 2 nitrogen and oxygen atoms in total. The quantitative estimate of drug-likeness (QED) is 0.605. The molecule has 0 unspecified atom stereocenters. The van der Waals surface area contributed by atoms with E-state index in [0.29, 0.717) is 10.4 Å². The summed E-state index contributed by atoms with van der Waals surface area (Å²) < 4.78 is 0. The minimum atomic E-state index is 0.484. The fourth-order valence-corrected chi connectivity index (χ4v) is 2.80. The lowest BCUT2D eigenvalue weighted by Crippen LogP contribution is -2.38. The first-order valence-corrected chi connectivity index (χ1v) is 7.31. The molecular weight excluding hydrogens is 228 g/mol. The highest BCUT2D eigenvalue weighted by Gasteiger charge is 2.28. The zero-order valence-electron chi connectivity index (χ0n) is 11.7. The Labute approximate surface area is 112 Å². The highest BCUT2D eigenvalue weighted by Crippen LogP contribution is 2.34. The molecule has 0 bridgehead atoms. The van der Waals surface area contributed by atoms with Crippen molar-refractivity contribution >= 4 is 17.2 Å². The van der Waals surface area contributed by atoms with Gasteiger partial charge in [-0.1, -0.05) is 33.0 Å². The number of nitrogens with two attached hydrogens (primary N) is 1. The highest BCUT2D eigenvalue weighted by atomic mass is 32.1. The van der Waals surface area contributed by atoms with E-state index in [1.807, 2.05) is 0 Å². The Kier molecular flexibility index (Phi) is 5.87. The van der Waals surface area contributed by atoms with Gasteiger partial charge in [-0.05, 0) is 63.1 Å². The lowest BCUT2D eigenvalue weighted by atomic mass is 9.75. The third-order valence-corrected chi connectivity index (χ3v) is 4.16. The van der Waals surface area contributed by atoms with Gasteiger partial charge in [-0.2, -0.15) is 0 Å². The number of rotatable bonds is 5. The molecule has 0 spiro atoms. The zero-order chi connectivity index (χ0) is 12.9. The number of likely N-dealkylation sites (tertiary alicyclic amines) is 1. The van der Waals surface area contributed by atoms with Crippen LogP contribution in [0.4, 0.5) is 0 Å². The molecule has 1 heterocycles. The summed E-state index contributed by atoms with van der Waals surface area (Å²) in [4.78, 5) is 3.26. The maximum Gasteiger partial charge on any atom is 0.0727 e. The number of piperidine rings is 1. The van der Waals surface area contributed by atoms with Crippen LogP contribution in [-0.2, 0) is 0 Å². The second-order valence-electron chi connectivity index (χ2n) is 6.41. The molecule has 0 saturated carbocycles. The lowest BCUT2D eigenvalue weighted by Gasteiger charge is -2.38. The molecule has 0 aromatic heterocycles. The Bertz CT molecular complexity index is 237. The third kappa shape index (κ3) is 5.82. The average Bonchev–Trinajstić information content (AvgIpc) is 2.23. The molecule has 0 radical (unpaired) electrons. The van der Waals surface area contributed by atoms with Gasteiger partial charge in [-0.25, -0.2) is 0 Å². The standard InChI is InChI=1S/C14H28N2S/c1-14(2,3)12-7-10-16(11-8-12)9-5-4-6-13(15)17/h12H,4-11H2,1-3H3,(H2,15,17). The first-order valence-electron chi connectivity index (χ1n) is 6.90. The van der Waals surface area contributed by atoms with E-state index in [-0.39, 0.29) is 0 Å². The van der Waals surface area contributed by atoms with E-state index in [1.165, 1.54) is 38.9 Å². The molecule has 0 atom stereocenters. The number of thiocarbonyl (C=S) groups is 1. The van der Waals surface area contributed by atoms with Gasteiger partial charge in [-0.3, -0.25) is 0 Å². The molecular formula is C14H28N2S. The lowest BCUT2D eigenvalue weighted by molar-refractivity contribution is 0.111. The maximum atomic E-state index is 5.50. The van der Waals surface area contributed by atoms with Crippen LogP contribution in [0.3, 0.4) is 0 Å². The van der Waals surface area contributed by atoms with Gasteiger partial charge in [0.1, 0.15) is 0 Å². The van der Waals surface area contributed by atoms with Gasteiger partial charge in [0.25, 0.3) is 0 Å². The molecule has 1 rings (SSSR count). The Hall–Kier alpha value is -0.150. The van der Waals surface area contributed by atoms with Crippen molar-refractivity contribution in [3.63, 3.8) is 0 Å². The van der Waals surface area contributed by atoms with Gasteiger partial charge >= 0.3 is 0 Å². The highest BCUT2D eigenvalue weighted by molar-refractivity contribution is 7.80. The summed E-state index contributed by atoms with van der Waals surface area (Å²) in [6, 6.07) is 0. The summed E-state index contributed by atoms with van der Waals surface area (Å²) in [6.07, 6.45) is 6.01. The normalized spacial score (nSPS) is 19.5. The monoisotopic (exact) mass is 256 g/mol. The predicted octanol–water partition coefficient (Wildman–Crippen LogP) is 3.20. The van der Waals surface area contributed by atoms with Crippen LogP contribution in [0.5, 0.6) is 0 Å². The van der Waals surface area contributed by atoms with Crippen molar-refractivity contribution in [2.45, 2.75) is 52.9 Å². The molecule has 0 amide bonds. The Balaban J connectivity index is 2.13. The Morgan fingerprint density at radius 3 is 2.29 bits per heavy atom. The van der Waals surface area contributed by atoms with Crippen molar-refractivity contribution in [1.29, 1.82) is 0 Å². The van der Waals surface area contributed by atoms with Gasteiger partial charge in [-0.15, -0.1) is 0 Å². The van der Waals surface area contributed by atoms with Gasteiger partial charge < -0.3 is 10.6 Å². The zero-order valence-corrected chi connectivity index (χ0v) is 12.5. The summed E-state index contributed by atoms with van der Waals surface area (Å²) in [5, 5.41) is 0. The van der Waals surface area contributed by atoms with Crippen LogP contribution in [0.15, 0.2) is 0 Å².